The van der Waals surface area contributed by atoms with Crippen LogP contribution in [0.3, 0.4) is 0 Å². The Morgan fingerprint density at radius 2 is 1.66 bits per heavy atom. The summed E-state index contributed by atoms with van der Waals surface area (Å²) in [7, 11) is 1.45. The predicted molar refractivity (Wildman–Crippen MR) is 166 cm³/mol. The van der Waals surface area contributed by atoms with E-state index in [1.807, 2.05) is 6.92 Å². The molecular formula is C35H38O12. The third-order valence-corrected chi connectivity index (χ3v) is 8.48. The van der Waals surface area contributed by atoms with Gasteiger partial charge in [-0.05, 0) is 67.3 Å². The van der Waals surface area contributed by atoms with Gasteiger partial charge in [0.2, 0.25) is 6.79 Å². The van der Waals surface area contributed by atoms with Gasteiger partial charge < -0.3 is 33.9 Å². The molecule has 12 heteroatoms. The first-order valence-electron chi connectivity index (χ1n) is 15.3. The van der Waals surface area contributed by atoms with Gasteiger partial charge in [-0.3, -0.25) is 9.68 Å². The van der Waals surface area contributed by atoms with Crippen LogP contribution in [0.4, 0.5) is 0 Å². The average molecular weight is 651 g/mol. The van der Waals surface area contributed by atoms with Crippen molar-refractivity contribution in [1.82, 2.24) is 0 Å². The fraction of sp³-hybridized carbons (Fsp3) is 0.400. The molecule has 5 rings (SSSR count). The van der Waals surface area contributed by atoms with Crippen LogP contribution in [-0.4, -0.2) is 61.3 Å². The number of rotatable bonds is 14. The molecule has 3 aromatic rings. The second-order valence-corrected chi connectivity index (χ2v) is 11.7. The van der Waals surface area contributed by atoms with Crippen molar-refractivity contribution in [1.29, 1.82) is 0 Å². The first kappa shape index (κ1) is 33.4. The molecule has 4 atom stereocenters. The molecule has 0 amide bonds. The molecule has 2 aliphatic rings. The van der Waals surface area contributed by atoms with Crippen molar-refractivity contribution in [3.63, 3.8) is 0 Å². The Labute approximate surface area is 272 Å². The maximum atomic E-state index is 13.9. The fourth-order valence-corrected chi connectivity index (χ4v) is 6.59. The molecule has 250 valence electrons. The first-order valence-corrected chi connectivity index (χ1v) is 15.3. The lowest BCUT2D eigenvalue weighted by Crippen LogP contribution is -2.47. The molecular weight excluding hydrogens is 612 g/mol. The van der Waals surface area contributed by atoms with E-state index in [0.717, 1.165) is 6.42 Å². The minimum atomic E-state index is -1.57. The number of carboxylic acids is 2. The van der Waals surface area contributed by atoms with E-state index in [0.29, 0.717) is 51.9 Å². The van der Waals surface area contributed by atoms with Crippen LogP contribution >= 0.6 is 0 Å². The summed E-state index contributed by atoms with van der Waals surface area (Å²) in [5, 5.41) is 20.7. The zero-order valence-corrected chi connectivity index (χ0v) is 26.8. The first-order chi connectivity index (χ1) is 22.5. The average Bonchev–Trinajstić information content (AvgIpc) is 3.65. The summed E-state index contributed by atoms with van der Waals surface area (Å²) < 4.78 is 28.4. The third kappa shape index (κ3) is 6.25. The van der Waals surface area contributed by atoms with E-state index in [2.05, 4.69) is 0 Å². The lowest BCUT2D eigenvalue weighted by molar-refractivity contribution is -0.295. The number of carbonyl (C=O) groups excluding carboxylic acids is 1. The Kier molecular flexibility index (Phi) is 9.80. The summed E-state index contributed by atoms with van der Waals surface area (Å²) in [6, 6.07) is 15.2. The fourth-order valence-electron chi connectivity index (χ4n) is 6.59. The highest BCUT2D eigenvalue weighted by Gasteiger charge is 2.62. The summed E-state index contributed by atoms with van der Waals surface area (Å²) in [5.74, 6) is -4.79. The van der Waals surface area contributed by atoms with Crippen molar-refractivity contribution >= 4 is 17.9 Å². The van der Waals surface area contributed by atoms with Gasteiger partial charge in [0, 0.05) is 23.0 Å². The second-order valence-electron chi connectivity index (χ2n) is 11.7. The summed E-state index contributed by atoms with van der Waals surface area (Å²) in [4.78, 5) is 49.8. The molecule has 4 unspecified atom stereocenters. The van der Waals surface area contributed by atoms with Crippen molar-refractivity contribution < 1.29 is 58.1 Å². The SMILES string of the molecule is CCCOc1ccc2c(c1)C(c1ccc(OC)cc1OCC(=O)O)C(C(=O)O)C2(c1ccc2c(c1)OCO2)C(C)C(=O)OOC(C)C. The van der Waals surface area contributed by atoms with Crippen LogP contribution in [0.1, 0.15) is 62.3 Å². The Morgan fingerprint density at radius 3 is 2.34 bits per heavy atom. The van der Waals surface area contributed by atoms with E-state index >= 15 is 0 Å². The maximum Gasteiger partial charge on any atom is 0.346 e. The number of carbonyl (C=O) groups is 3. The molecule has 0 aromatic heterocycles. The topological polar surface area (TPSA) is 156 Å². The van der Waals surface area contributed by atoms with Gasteiger partial charge in [-0.25, -0.2) is 9.59 Å². The zero-order chi connectivity index (χ0) is 33.9. The van der Waals surface area contributed by atoms with E-state index in [1.165, 1.54) is 13.2 Å². The molecule has 1 heterocycles. The molecule has 0 fully saturated rings. The van der Waals surface area contributed by atoms with E-state index < -0.39 is 53.8 Å². The monoisotopic (exact) mass is 650 g/mol. The number of fused-ring (bicyclic) bond motifs is 2. The van der Waals surface area contributed by atoms with Crippen LogP contribution in [0.2, 0.25) is 0 Å². The van der Waals surface area contributed by atoms with Gasteiger partial charge >= 0.3 is 17.9 Å². The second kappa shape index (κ2) is 13.8. The highest BCUT2D eigenvalue weighted by Crippen LogP contribution is 2.62. The van der Waals surface area contributed by atoms with Gasteiger partial charge in [-0.15, -0.1) is 0 Å². The lowest BCUT2D eigenvalue weighted by Gasteiger charge is -2.40. The van der Waals surface area contributed by atoms with E-state index in [-0.39, 0.29) is 12.5 Å². The molecule has 12 nitrogen and oxygen atoms in total. The van der Waals surface area contributed by atoms with Gasteiger partial charge in [0.05, 0.1) is 31.7 Å². The standard InChI is InChI=1S/C35H38O12/c1-6-13-42-23-9-11-26-25(15-23)31(24-10-8-22(41-5)16-28(24)43-17-30(36)37)32(33(38)39)35(26,20(4)34(40)47-46-19(2)3)21-7-12-27-29(14-21)45-18-44-27/h7-12,14-16,19-20,31-32H,6,13,17-18H2,1-5H3,(H,36,37)(H,38,39). The Morgan fingerprint density at radius 1 is 0.915 bits per heavy atom. The minimum Gasteiger partial charge on any atom is -0.497 e. The van der Waals surface area contributed by atoms with Crippen LogP contribution in [-0.2, 0) is 29.6 Å². The molecule has 0 saturated carbocycles. The van der Waals surface area contributed by atoms with Crippen LogP contribution in [0.15, 0.2) is 54.6 Å². The van der Waals surface area contributed by atoms with Gasteiger partial charge in [0.15, 0.2) is 18.1 Å². The Balaban J connectivity index is 1.83. The number of hydrogen-bond donors (Lipinski definition) is 2. The van der Waals surface area contributed by atoms with Crippen molar-refractivity contribution in [2.24, 2.45) is 11.8 Å². The van der Waals surface area contributed by atoms with Gasteiger partial charge in [-0.1, -0.05) is 32.0 Å². The highest BCUT2D eigenvalue weighted by atomic mass is 17.2. The molecule has 0 spiro atoms. The maximum absolute atomic E-state index is 13.9. The van der Waals surface area contributed by atoms with Gasteiger partial charge in [-0.2, -0.15) is 4.89 Å². The third-order valence-electron chi connectivity index (χ3n) is 8.48. The molecule has 1 aliphatic heterocycles. The summed E-state index contributed by atoms with van der Waals surface area (Å²) >= 11 is 0. The van der Waals surface area contributed by atoms with Crippen LogP contribution in [0, 0.1) is 11.8 Å². The smallest absolute Gasteiger partial charge is 0.346 e. The number of benzene rings is 3. The Hall–Kier alpha value is -4.97. The minimum absolute atomic E-state index is 0.0125. The predicted octanol–water partition coefficient (Wildman–Crippen LogP) is 5.33. The molecule has 0 bridgehead atoms. The normalized spacial score (nSPS) is 20.0. The summed E-state index contributed by atoms with van der Waals surface area (Å²) in [6.45, 7) is 6.71. The number of carboxylic acid groups (broad SMARTS) is 2. The number of ether oxygens (including phenoxy) is 5. The van der Waals surface area contributed by atoms with Gasteiger partial charge in [0.25, 0.3) is 0 Å². The van der Waals surface area contributed by atoms with Crippen molar-refractivity contribution in [3.8, 4) is 28.7 Å². The van der Waals surface area contributed by atoms with Crippen molar-refractivity contribution in [3.05, 3.63) is 76.9 Å². The largest absolute Gasteiger partial charge is 0.497 e. The zero-order valence-electron chi connectivity index (χ0n) is 26.8. The summed E-state index contributed by atoms with van der Waals surface area (Å²) in [5.41, 5.74) is 0.369. The van der Waals surface area contributed by atoms with Gasteiger partial charge in [0.1, 0.15) is 17.2 Å². The quantitative estimate of drug-likeness (QED) is 0.171. The molecule has 2 N–H and O–H groups in total. The molecule has 47 heavy (non-hydrogen) atoms. The van der Waals surface area contributed by atoms with Crippen LogP contribution in [0.25, 0.3) is 0 Å². The summed E-state index contributed by atoms with van der Waals surface area (Å²) in [6.07, 6.45) is 0.294. The number of aliphatic carboxylic acids is 2. The number of hydrogen-bond acceptors (Lipinski definition) is 10. The molecule has 0 radical (unpaired) electrons. The Bertz CT molecular complexity index is 1650. The van der Waals surface area contributed by atoms with E-state index in [1.54, 1.807) is 69.3 Å². The lowest BCUT2D eigenvalue weighted by atomic mass is 9.60. The molecule has 0 saturated heterocycles. The highest BCUT2D eigenvalue weighted by molar-refractivity contribution is 5.85. The van der Waals surface area contributed by atoms with E-state index in [4.69, 9.17) is 33.5 Å². The number of methoxy groups -OCH3 is 1. The van der Waals surface area contributed by atoms with Crippen LogP contribution < -0.4 is 23.7 Å². The van der Waals surface area contributed by atoms with Crippen molar-refractivity contribution in [2.75, 3.05) is 27.1 Å². The molecule has 3 aromatic carbocycles. The van der Waals surface area contributed by atoms with Crippen molar-refractivity contribution in [2.45, 2.75) is 51.6 Å². The van der Waals surface area contributed by atoms with E-state index in [9.17, 15) is 24.6 Å². The molecule has 1 aliphatic carbocycles. The van der Waals surface area contributed by atoms with Crippen LogP contribution in [0.5, 0.6) is 28.7 Å².